The van der Waals surface area contributed by atoms with Crippen molar-refractivity contribution in [1.29, 1.82) is 0 Å². The van der Waals surface area contributed by atoms with Crippen molar-refractivity contribution in [2.75, 3.05) is 21.3 Å². The highest BCUT2D eigenvalue weighted by Gasteiger charge is 2.33. The third kappa shape index (κ3) is 8.67. The monoisotopic (exact) mass is 506 g/mol. The summed E-state index contributed by atoms with van der Waals surface area (Å²) in [4.78, 5) is 13.0. The fraction of sp³-hybridized carbons (Fsp3) is 0.690. The van der Waals surface area contributed by atoms with Crippen LogP contribution in [-0.2, 0) is 23.7 Å². The highest BCUT2D eigenvalue weighted by molar-refractivity contribution is 5.88. The summed E-state index contributed by atoms with van der Waals surface area (Å²) in [5.74, 6) is -0.988. The van der Waals surface area contributed by atoms with Gasteiger partial charge < -0.3 is 29.2 Å². The molecule has 0 aromatic heterocycles. The van der Waals surface area contributed by atoms with Crippen LogP contribution in [-0.4, -0.2) is 68.0 Å². The number of rotatable bonds is 4. The Morgan fingerprint density at radius 2 is 1.44 bits per heavy atom. The van der Waals surface area contributed by atoms with Crippen LogP contribution in [0.5, 0.6) is 0 Å². The second-order valence-corrected chi connectivity index (χ2v) is 10.1. The van der Waals surface area contributed by atoms with Crippen LogP contribution in [0.2, 0.25) is 0 Å². The molecule has 8 atom stereocenters. The standard InChI is InChI=1S/C29H46O7/c1-19-16-17-25(34-5)24(33-4)15-11-10-14-23(22-12-8-7-9-13-22)36-29(32)20(2)18-26(35-6)28(31)21(3)27(19)30/h7-9,12-13,18-19,21,23-28,30-31H,10-11,14-17H2,1-6H3/b20-18+/t19-,21+,23-,24?,25+,26-,27-,28-/m0/s1. The lowest BCUT2D eigenvalue weighted by Crippen LogP contribution is -2.41. The molecule has 0 saturated heterocycles. The van der Waals surface area contributed by atoms with Crippen molar-refractivity contribution in [2.45, 2.75) is 95.9 Å². The van der Waals surface area contributed by atoms with Gasteiger partial charge in [0.15, 0.2) is 0 Å². The molecule has 0 bridgehead atoms. The van der Waals surface area contributed by atoms with Crippen LogP contribution in [0.1, 0.15) is 71.0 Å². The highest BCUT2D eigenvalue weighted by Crippen LogP contribution is 2.29. The topological polar surface area (TPSA) is 94.5 Å². The first kappa shape index (κ1) is 30.5. The average Bonchev–Trinajstić information content (AvgIpc) is 2.90. The minimum atomic E-state index is -0.996. The van der Waals surface area contributed by atoms with Crippen LogP contribution in [0.3, 0.4) is 0 Å². The summed E-state index contributed by atoms with van der Waals surface area (Å²) >= 11 is 0. The lowest BCUT2D eigenvalue weighted by Gasteiger charge is -2.33. The summed E-state index contributed by atoms with van der Waals surface area (Å²) in [6.07, 6.45) is 3.29. The number of carbonyl (C=O) groups is 1. The molecular weight excluding hydrogens is 460 g/mol. The van der Waals surface area contributed by atoms with Crippen LogP contribution < -0.4 is 0 Å². The predicted octanol–water partition coefficient (Wildman–Crippen LogP) is 4.61. The summed E-state index contributed by atoms with van der Waals surface area (Å²) in [6, 6.07) is 9.74. The molecule has 0 spiro atoms. The molecule has 1 aliphatic heterocycles. The van der Waals surface area contributed by atoms with Gasteiger partial charge in [-0.3, -0.25) is 0 Å². The number of ether oxygens (including phenoxy) is 4. The molecule has 1 unspecified atom stereocenters. The number of carbonyl (C=O) groups excluding carboxylic acids is 1. The van der Waals surface area contributed by atoms with E-state index in [1.165, 1.54) is 7.11 Å². The van der Waals surface area contributed by atoms with Gasteiger partial charge >= 0.3 is 5.97 Å². The largest absolute Gasteiger partial charge is 0.454 e. The number of aliphatic hydroxyl groups is 2. The Balaban J connectivity index is 2.34. The van der Waals surface area contributed by atoms with Gasteiger partial charge in [-0.05, 0) is 56.6 Å². The van der Waals surface area contributed by atoms with Crippen LogP contribution in [0.4, 0.5) is 0 Å². The molecule has 2 N–H and O–H groups in total. The molecule has 7 nitrogen and oxygen atoms in total. The Hall–Kier alpha value is -1.77. The molecule has 1 aromatic carbocycles. The minimum absolute atomic E-state index is 0.0668. The molecule has 0 amide bonds. The zero-order chi connectivity index (χ0) is 26.7. The van der Waals surface area contributed by atoms with Crippen molar-refractivity contribution in [3.63, 3.8) is 0 Å². The fourth-order valence-corrected chi connectivity index (χ4v) is 5.01. The van der Waals surface area contributed by atoms with Gasteiger partial charge in [-0.2, -0.15) is 0 Å². The van der Waals surface area contributed by atoms with Crippen molar-refractivity contribution in [1.82, 2.24) is 0 Å². The number of benzene rings is 1. The molecule has 0 fully saturated rings. The van der Waals surface area contributed by atoms with E-state index in [-0.39, 0.29) is 24.2 Å². The van der Waals surface area contributed by atoms with E-state index in [2.05, 4.69) is 0 Å². The van der Waals surface area contributed by atoms with E-state index in [1.807, 2.05) is 37.3 Å². The van der Waals surface area contributed by atoms with Crippen LogP contribution >= 0.6 is 0 Å². The van der Waals surface area contributed by atoms with Gasteiger partial charge in [0.1, 0.15) is 12.2 Å². The molecule has 36 heavy (non-hydrogen) atoms. The Morgan fingerprint density at radius 3 is 2.06 bits per heavy atom. The van der Waals surface area contributed by atoms with Gasteiger partial charge in [0, 0.05) is 32.8 Å². The quantitative estimate of drug-likeness (QED) is 0.576. The van der Waals surface area contributed by atoms with Crippen molar-refractivity contribution in [2.24, 2.45) is 11.8 Å². The van der Waals surface area contributed by atoms with E-state index in [0.29, 0.717) is 12.0 Å². The molecule has 2 rings (SSSR count). The summed E-state index contributed by atoms with van der Waals surface area (Å²) in [5, 5.41) is 22.0. The number of hydrogen-bond donors (Lipinski definition) is 2. The smallest absolute Gasteiger partial charge is 0.334 e. The SMILES string of the molecule is COC1CCCC[C@@H](c2ccccc2)OC(=O)/C(C)=C/[C@H](OC)[C@@H](O)[C@H](C)[C@@H](O)[C@@H](C)CC[C@H]1OC. The Bertz CT molecular complexity index is 796. The zero-order valence-electron chi connectivity index (χ0n) is 22.8. The van der Waals surface area contributed by atoms with Crippen molar-refractivity contribution < 1.29 is 34.0 Å². The second kappa shape index (κ2) is 15.5. The third-order valence-corrected chi connectivity index (χ3v) is 7.56. The first-order chi connectivity index (χ1) is 17.2. The first-order valence-electron chi connectivity index (χ1n) is 13.1. The van der Waals surface area contributed by atoms with Crippen molar-refractivity contribution in [3.05, 3.63) is 47.5 Å². The molecular formula is C29H46O7. The average molecular weight is 507 g/mol. The summed E-state index contributed by atoms with van der Waals surface area (Å²) in [6.45, 7) is 5.44. The van der Waals surface area contributed by atoms with Crippen LogP contribution in [0.25, 0.3) is 0 Å². The van der Waals surface area contributed by atoms with E-state index in [4.69, 9.17) is 18.9 Å². The minimum Gasteiger partial charge on any atom is -0.454 e. The Morgan fingerprint density at radius 1 is 0.833 bits per heavy atom. The molecule has 0 saturated carbocycles. The van der Waals surface area contributed by atoms with Gasteiger partial charge in [-0.25, -0.2) is 4.79 Å². The Kier molecular flexibility index (Phi) is 13.1. The molecule has 0 radical (unpaired) electrons. The van der Waals surface area contributed by atoms with Gasteiger partial charge in [-0.1, -0.05) is 50.6 Å². The van der Waals surface area contributed by atoms with Crippen molar-refractivity contribution in [3.8, 4) is 0 Å². The summed E-state index contributed by atoms with van der Waals surface area (Å²) < 4.78 is 23.0. The van der Waals surface area contributed by atoms with Gasteiger partial charge in [0.25, 0.3) is 0 Å². The number of methoxy groups -OCH3 is 3. The maximum Gasteiger partial charge on any atom is 0.334 e. The van der Waals surface area contributed by atoms with Crippen LogP contribution in [0, 0.1) is 11.8 Å². The van der Waals surface area contributed by atoms with E-state index >= 15 is 0 Å². The molecule has 204 valence electrons. The number of aliphatic hydroxyl groups excluding tert-OH is 2. The van der Waals surface area contributed by atoms with Gasteiger partial charge in [-0.15, -0.1) is 0 Å². The van der Waals surface area contributed by atoms with Gasteiger partial charge in [0.05, 0.1) is 24.4 Å². The molecule has 0 aliphatic carbocycles. The predicted molar refractivity (Wildman–Crippen MR) is 139 cm³/mol. The summed E-state index contributed by atoms with van der Waals surface area (Å²) in [5.41, 5.74) is 1.31. The first-order valence-corrected chi connectivity index (χ1v) is 13.1. The van der Waals surface area contributed by atoms with E-state index in [9.17, 15) is 15.0 Å². The third-order valence-electron chi connectivity index (χ3n) is 7.56. The van der Waals surface area contributed by atoms with E-state index in [1.54, 1.807) is 34.1 Å². The molecule has 7 heteroatoms. The summed E-state index contributed by atoms with van der Waals surface area (Å²) in [7, 11) is 4.88. The number of hydrogen-bond acceptors (Lipinski definition) is 7. The fourth-order valence-electron chi connectivity index (χ4n) is 5.01. The van der Waals surface area contributed by atoms with E-state index in [0.717, 1.165) is 37.7 Å². The molecule has 1 heterocycles. The number of esters is 1. The maximum atomic E-state index is 13.0. The maximum absolute atomic E-state index is 13.0. The second-order valence-electron chi connectivity index (χ2n) is 10.1. The Labute approximate surface area is 216 Å². The number of cyclic esters (lactones) is 1. The highest BCUT2D eigenvalue weighted by atomic mass is 16.5. The molecule has 1 aliphatic rings. The zero-order valence-corrected chi connectivity index (χ0v) is 22.8. The lowest BCUT2D eigenvalue weighted by atomic mass is 9.83. The lowest BCUT2D eigenvalue weighted by molar-refractivity contribution is -0.145. The molecule has 1 aromatic rings. The van der Waals surface area contributed by atoms with E-state index < -0.39 is 30.2 Å². The normalized spacial score (nSPS) is 35.7. The van der Waals surface area contributed by atoms with Gasteiger partial charge in [0.2, 0.25) is 0 Å². The van der Waals surface area contributed by atoms with Crippen LogP contribution in [0.15, 0.2) is 42.0 Å². The van der Waals surface area contributed by atoms with Crippen molar-refractivity contribution >= 4 is 5.97 Å².